The number of amides is 2. The van der Waals surface area contributed by atoms with E-state index in [1.165, 1.54) is 0 Å². The first-order valence-corrected chi connectivity index (χ1v) is 11.3. The Hall–Kier alpha value is -3.02. The first kappa shape index (κ1) is 25.2. The van der Waals surface area contributed by atoms with Crippen molar-refractivity contribution < 1.29 is 19.1 Å². The molecule has 174 valence electrons. The Morgan fingerprint density at radius 2 is 1.81 bits per heavy atom. The molecular formula is C26H36N2O4. The average molecular weight is 441 g/mol. The van der Waals surface area contributed by atoms with Crippen LogP contribution >= 0.6 is 0 Å². The number of carbonyl (C=O) groups is 2. The summed E-state index contributed by atoms with van der Waals surface area (Å²) in [5.41, 5.74) is 1.94. The van der Waals surface area contributed by atoms with E-state index in [1.807, 2.05) is 62.4 Å². The summed E-state index contributed by atoms with van der Waals surface area (Å²) >= 11 is 0. The molecule has 0 fully saturated rings. The lowest BCUT2D eigenvalue weighted by molar-refractivity contribution is -0.143. The fraction of sp³-hybridized carbons (Fsp3) is 0.462. The van der Waals surface area contributed by atoms with Gasteiger partial charge in [-0.25, -0.2) is 0 Å². The minimum absolute atomic E-state index is 0.134. The van der Waals surface area contributed by atoms with E-state index in [2.05, 4.69) is 19.2 Å². The van der Waals surface area contributed by atoms with E-state index in [1.54, 1.807) is 12.0 Å². The summed E-state index contributed by atoms with van der Waals surface area (Å²) in [6.07, 6.45) is 1.34. The van der Waals surface area contributed by atoms with Crippen LogP contribution in [0.5, 0.6) is 11.5 Å². The molecule has 6 heteroatoms. The van der Waals surface area contributed by atoms with E-state index in [4.69, 9.17) is 9.47 Å². The van der Waals surface area contributed by atoms with Crippen LogP contribution in [-0.4, -0.2) is 43.0 Å². The van der Waals surface area contributed by atoms with Crippen LogP contribution in [0.25, 0.3) is 0 Å². The summed E-state index contributed by atoms with van der Waals surface area (Å²) in [7, 11) is 1.61. The molecule has 6 nitrogen and oxygen atoms in total. The molecule has 2 rings (SSSR count). The molecule has 1 N–H and O–H groups in total. The Morgan fingerprint density at radius 1 is 1.06 bits per heavy atom. The first-order chi connectivity index (χ1) is 15.4. The summed E-state index contributed by atoms with van der Waals surface area (Å²) in [4.78, 5) is 27.8. The van der Waals surface area contributed by atoms with Gasteiger partial charge in [0.05, 0.1) is 7.11 Å². The van der Waals surface area contributed by atoms with Crippen LogP contribution in [0.4, 0.5) is 0 Å². The highest BCUT2D eigenvalue weighted by molar-refractivity contribution is 5.88. The standard InChI is InChI=1S/C26H36N2O4/c1-6-15-27-26(30)23(7-2)28(17-20-11-10-12-21(16-20)31-5)25(29)18-32-24-14-9-8-13-22(24)19(3)4/h8-14,16,19,23H,6-7,15,17-18H2,1-5H3,(H,27,30)/t23-/m1/s1. The molecule has 0 heterocycles. The van der Waals surface area contributed by atoms with Gasteiger partial charge >= 0.3 is 0 Å². The monoisotopic (exact) mass is 440 g/mol. The van der Waals surface area contributed by atoms with Crippen LogP contribution in [-0.2, 0) is 16.1 Å². The molecule has 2 aromatic rings. The SMILES string of the molecule is CCCNC(=O)[C@@H](CC)N(Cc1cccc(OC)c1)C(=O)COc1ccccc1C(C)C. The molecule has 0 aliphatic rings. The van der Waals surface area contributed by atoms with Crippen LogP contribution in [0.15, 0.2) is 48.5 Å². The molecule has 0 saturated carbocycles. The molecule has 2 amide bonds. The minimum atomic E-state index is -0.579. The second-order valence-electron chi connectivity index (χ2n) is 8.07. The van der Waals surface area contributed by atoms with Crippen LogP contribution in [0, 0.1) is 0 Å². The largest absolute Gasteiger partial charge is 0.497 e. The van der Waals surface area contributed by atoms with Gasteiger partial charge in [-0.1, -0.05) is 58.0 Å². The molecule has 0 bridgehead atoms. The lowest BCUT2D eigenvalue weighted by Gasteiger charge is -2.30. The zero-order valence-electron chi connectivity index (χ0n) is 19.9. The van der Waals surface area contributed by atoms with Crippen molar-refractivity contribution in [1.82, 2.24) is 10.2 Å². The normalized spacial score (nSPS) is 11.7. The maximum Gasteiger partial charge on any atom is 0.261 e. The van der Waals surface area contributed by atoms with Crippen LogP contribution < -0.4 is 14.8 Å². The van der Waals surface area contributed by atoms with E-state index in [9.17, 15) is 9.59 Å². The van der Waals surface area contributed by atoms with Gasteiger partial charge in [-0.2, -0.15) is 0 Å². The van der Waals surface area contributed by atoms with Gasteiger partial charge < -0.3 is 19.7 Å². The number of para-hydroxylation sites is 1. The summed E-state index contributed by atoms with van der Waals surface area (Å²) in [5.74, 6) is 1.30. The van der Waals surface area contributed by atoms with Gasteiger partial charge in [-0.05, 0) is 48.1 Å². The second-order valence-corrected chi connectivity index (χ2v) is 8.07. The highest BCUT2D eigenvalue weighted by Crippen LogP contribution is 2.26. The number of carbonyl (C=O) groups excluding carboxylic acids is 2. The van der Waals surface area contributed by atoms with Gasteiger partial charge in [0.15, 0.2) is 6.61 Å². The first-order valence-electron chi connectivity index (χ1n) is 11.3. The molecule has 2 aromatic carbocycles. The number of methoxy groups -OCH3 is 1. The number of nitrogens with zero attached hydrogens (tertiary/aromatic N) is 1. The summed E-state index contributed by atoms with van der Waals surface area (Å²) in [6.45, 7) is 8.83. The van der Waals surface area contributed by atoms with Gasteiger partial charge in [0, 0.05) is 13.1 Å². The molecule has 0 unspecified atom stereocenters. The van der Waals surface area contributed by atoms with Crippen molar-refractivity contribution in [1.29, 1.82) is 0 Å². The van der Waals surface area contributed by atoms with Crippen molar-refractivity contribution in [3.63, 3.8) is 0 Å². The summed E-state index contributed by atoms with van der Waals surface area (Å²) in [5, 5.41) is 2.93. The fourth-order valence-corrected chi connectivity index (χ4v) is 3.56. The fourth-order valence-electron chi connectivity index (χ4n) is 3.56. The Morgan fingerprint density at radius 3 is 2.47 bits per heavy atom. The maximum atomic E-state index is 13.3. The van der Waals surface area contributed by atoms with Crippen LogP contribution in [0.2, 0.25) is 0 Å². The molecule has 0 aliphatic carbocycles. The van der Waals surface area contributed by atoms with E-state index in [0.29, 0.717) is 31.0 Å². The lowest BCUT2D eigenvalue weighted by Crippen LogP contribution is -2.50. The van der Waals surface area contributed by atoms with Crippen molar-refractivity contribution in [3.05, 3.63) is 59.7 Å². The average Bonchev–Trinajstić information content (AvgIpc) is 2.81. The van der Waals surface area contributed by atoms with Crippen molar-refractivity contribution >= 4 is 11.8 Å². The predicted molar refractivity (Wildman–Crippen MR) is 127 cm³/mol. The molecule has 0 aromatic heterocycles. The summed E-state index contributed by atoms with van der Waals surface area (Å²) < 4.78 is 11.2. The highest BCUT2D eigenvalue weighted by Gasteiger charge is 2.29. The molecular weight excluding hydrogens is 404 g/mol. The van der Waals surface area contributed by atoms with Gasteiger partial charge in [0.2, 0.25) is 5.91 Å². The van der Waals surface area contributed by atoms with Crippen LogP contribution in [0.3, 0.4) is 0 Å². The Labute approximate surface area is 191 Å². The Bertz CT molecular complexity index is 882. The molecule has 32 heavy (non-hydrogen) atoms. The zero-order valence-corrected chi connectivity index (χ0v) is 19.9. The van der Waals surface area contributed by atoms with Crippen molar-refractivity contribution in [2.24, 2.45) is 0 Å². The minimum Gasteiger partial charge on any atom is -0.497 e. The Kier molecular flexibility index (Phi) is 10.1. The number of hydrogen-bond acceptors (Lipinski definition) is 4. The predicted octanol–water partition coefficient (Wildman–Crippen LogP) is 4.53. The number of nitrogens with one attached hydrogen (secondary N) is 1. The van der Waals surface area contributed by atoms with Crippen molar-refractivity contribution in [2.75, 3.05) is 20.3 Å². The van der Waals surface area contributed by atoms with Crippen molar-refractivity contribution in [2.45, 2.75) is 59.0 Å². The third-order valence-electron chi connectivity index (χ3n) is 5.31. The number of hydrogen-bond donors (Lipinski definition) is 1. The third-order valence-corrected chi connectivity index (χ3v) is 5.31. The van der Waals surface area contributed by atoms with Gasteiger partial charge in [0.25, 0.3) is 5.91 Å². The number of benzene rings is 2. The molecule has 0 spiro atoms. The molecule has 0 saturated heterocycles. The molecule has 0 aliphatic heterocycles. The zero-order chi connectivity index (χ0) is 23.5. The van der Waals surface area contributed by atoms with Crippen LogP contribution in [0.1, 0.15) is 57.6 Å². The van der Waals surface area contributed by atoms with Crippen molar-refractivity contribution in [3.8, 4) is 11.5 Å². The van der Waals surface area contributed by atoms with Gasteiger partial charge in [-0.15, -0.1) is 0 Å². The number of rotatable bonds is 12. The maximum absolute atomic E-state index is 13.3. The van der Waals surface area contributed by atoms with E-state index < -0.39 is 6.04 Å². The van der Waals surface area contributed by atoms with Gasteiger partial charge in [-0.3, -0.25) is 9.59 Å². The highest BCUT2D eigenvalue weighted by atomic mass is 16.5. The molecule has 1 atom stereocenters. The third kappa shape index (κ3) is 7.01. The smallest absolute Gasteiger partial charge is 0.261 e. The second kappa shape index (κ2) is 12.7. The summed E-state index contributed by atoms with van der Waals surface area (Å²) in [6, 6.07) is 14.7. The van der Waals surface area contributed by atoms with E-state index in [0.717, 1.165) is 17.5 Å². The Balaban J connectivity index is 2.25. The van der Waals surface area contributed by atoms with E-state index >= 15 is 0 Å². The quantitative estimate of drug-likeness (QED) is 0.526. The topological polar surface area (TPSA) is 67.9 Å². The van der Waals surface area contributed by atoms with E-state index in [-0.39, 0.29) is 24.3 Å². The van der Waals surface area contributed by atoms with Gasteiger partial charge in [0.1, 0.15) is 17.5 Å². The molecule has 0 radical (unpaired) electrons. The number of ether oxygens (including phenoxy) is 2. The lowest BCUT2D eigenvalue weighted by atomic mass is 10.0.